The monoisotopic (exact) mass is 356 g/mol. The van der Waals surface area contributed by atoms with Crippen LogP contribution in [0.4, 0.5) is 0 Å². The van der Waals surface area contributed by atoms with Crippen LogP contribution in [0.5, 0.6) is 0 Å². The van der Waals surface area contributed by atoms with E-state index in [1.54, 1.807) is 6.07 Å². The van der Waals surface area contributed by atoms with Gasteiger partial charge in [0.1, 0.15) is 0 Å². The standard InChI is InChI=1S/C17H22Cl2N2O2/c1-20(10-16(23)21-5-3-2-4-6-21)17-13-7-11(18)8-14(19)12(13)9-15(17)22/h7-8,15,17,22H,2-6,9-10H2,1H3/t15-,17+/m1/s1. The van der Waals surface area contributed by atoms with Crippen LogP contribution in [-0.2, 0) is 11.2 Å². The fourth-order valence-corrected chi connectivity index (χ4v) is 4.30. The van der Waals surface area contributed by atoms with Gasteiger partial charge in [-0.3, -0.25) is 9.69 Å². The number of likely N-dealkylation sites (N-methyl/N-ethyl adjacent to an activating group) is 1. The molecule has 0 saturated carbocycles. The van der Waals surface area contributed by atoms with E-state index >= 15 is 0 Å². The van der Waals surface area contributed by atoms with Crippen LogP contribution >= 0.6 is 23.2 Å². The molecule has 126 valence electrons. The van der Waals surface area contributed by atoms with Gasteiger partial charge in [0.15, 0.2) is 0 Å². The van der Waals surface area contributed by atoms with E-state index in [0.29, 0.717) is 23.0 Å². The van der Waals surface area contributed by atoms with Crippen molar-refractivity contribution in [1.29, 1.82) is 0 Å². The number of rotatable bonds is 3. The molecule has 0 aromatic heterocycles. The summed E-state index contributed by atoms with van der Waals surface area (Å²) in [7, 11) is 1.87. The van der Waals surface area contributed by atoms with Crippen molar-refractivity contribution < 1.29 is 9.90 Å². The smallest absolute Gasteiger partial charge is 0.236 e. The Morgan fingerprint density at radius 1 is 1.30 bits per heavy atom. The Bertz CT molecular complexity index is 603. The highest BCUT2D eigenvalue weighted by Gasteiger charge is 2.36. The third kappa shape index (κ3) is 3.50. The quantitative estimate of drug-likeness (QED) is 0.905. The molecule has 1 saturated heterocycles. The topological polar surface area (TPSA) is 43.8 Å². The Balaban J connectivity index is 1.75. The lowest BCUT2D eigenvalue weighted by molar-refractivity contribution is -0.134. The second-order valence-electron chi connectivity index (χ2n) is 6.53. The maximum absolute atomic E-state index is 12.5. The summed E-state index contributed by atoms with van der Waals surface area (Å²) in [5.41, 5.74) is 1.87. The average Bonchev–Trinajstić information content (AvgIpc) is 2.84. The molecule has 1 aromatic rings. The summed E-state index contributed by atoms with van der Waals surface area (Å²) in [6.07, 6.45) is 3.29. The van der Waals surface area contributed by atoms with Crippen LogP contribution < -0.4 is 0 Å². The van der Waals surface area contributed by atoms with Crippen LogP contribution in [0.15, 0.2) is 12.1 Å². The van der Waals surface area contributed by atoms with E-state index in [2.05, 4.69) is 0 Å². The summed E-state index contributed by atoms with van der Waals surface area (Å²) in [5.74, 6) is 0.126. The molecule has 23 heavy (non-hydrogen) atoms. The van der Waals surface area contributed by atoms with Gasteiger partial charge in [-0.1, -0.05) is 23.2 Å². The number of hydrogen-bond donors (Lipinski definition) is 1. The summed E-state index contributed by atoms with van der Waals surface area (Å²) < 4.78 is 0. The van der Waals surface area contributed by atoms with Crippen LogP contribution in [0.1, 0.15) is 36.4 Å². The first-order valence-corrected chi connectivity index (χ1v) is 8.87. The second kappa shape index (κ2) is 6.98. The minimum Gasteiger partial charge on any atom is -0.391 e. The number of aliphatic hydroxyl groups excluding tert-OH is 1. The molecule has 4 nitrogen and oxygen atoms in total. The summed E-state index contributed by atoms with van der Waals surface area (Å²) in [6, 6.07) is 3.32. The van der Waals surface area contributed by atoms with Crippen molar-refractivity contribution in [2.45, 2.75) is 37.8 Å². The number of carbonyl (C=O) groups excluding carboxylic acids is 1. The zero-order valence-corrected chi connectivity index (χ0v) is 14.8. The maximum atomic E-state index is 12.5. The Morgan fingerprint density at radius 3 is 2.70 bits per heavy atom. The predicted molar refractivity (Wildman–Crippen MR) is 92.0 cm³/mol. The van der Waals surface area contributed by atoms with Crippen LogP contribution in [0.3, 0.4) is 0 Å². The Hall–Kier alpha value is -0.810. The minimum absolute atomic E-state index is 0.126. The number of benzene rings is 1. The van der Waals surface area contributed by atoms with Gasteiger partial charge in [-0.15, -0.1) is 0 Å². The average molecular weight is 357 g/mol. The van der Waals surface area contributed by atoms with E-state index in [9.17, 15) is 9.90 Å². The number of halogens is 2. The highest BCUT2D eigenvalue weighted by Crippen LogP contribution is 2.40. The van der Waals surface area contributed by atoms with Gasteiger partial charge < -0.3 is 10.0 Å². The summed E-state index contributed by atoms with van der Waals surface area (Å²) in [5, 5.41) is 11.6. The molecule has 1 aromatic carbocycles. The zero-order chi connectivity index (χ0) is 16.6. The number of hydrogen-bond acceptors (Lipinski definition) is 3. The first kappa shape index (κ1) is 17.0. The number of amides is 1. The van der Waals surface area contributed by atoms with E-state index in [4.69, 9.17) is 23.2 Å². The van der Waals surface area contributed by atoms with Crippen LogP contribution in [0, 0.1) is 0 Å². The first-order valence-electron chi connectivity index (χ1n) is 8.11. The lowest BCUT2D eigenvalue weighted by Gasteiger charge is -2.32. The number of fused-ring (bicyclic) bond motifs is 1. The molecule has 1 fully saturated rings. The van der Waals surface area contributed by atoms with Crippen molar-refractivity contribution in [3.63, 3.8) is 0 Å². The van der Waals surface area contributed by atoms with Crippen LogP contribution in [-0.4, -0.2) is 53.6 Å². The molecular weight excluding hydrogens is 335 g/mol. The number of aliphatic hydroxyl groups is 1. The van der Waals surface area contributed by atoms with Crippen molar-refractivity contribution in [2.75, 3.05) is 26.7 Å². The van der Waals surface area contributed by atoms with Gasteiger partial charge in [-0.05, 0) is 49.6 Å². The Labute approximate surface area is 147 Å². The van der Waals surface area contributed by atoms with E-state index in [0.717, 1.165) is 37.1 Å². The van der Waals surface area contributed by atoms with Crippen molar-refractivity contribution in [2.24, 2.45) is 0 Å². The van der Waals surface area contributed by atoms with Gasteiger partial charge in [0.2, 0.25) is 5.91 Å². The number of likely N-dealkylation sites (tertiary alicyclic amines) is 1. The van der Waals surface area contributed by atoms with Crippen molar-refractivity contribution in [3.8, 4) is 0 Å². The van der Waals surface area contributed by atoms with E-state index < -0.39 is 6.10 Å². The molecule has 0 spiro atoms. The third-order valence-electron chi connectivity index (χ3n) is 4.86. The maximum Gasteiger partial charge on any atom is 0.236 e. The molecule has 1 N–H and O–H groups in total. The lowest BCUT2D eigenvalue weighted by atomic mass is 10.1. The molecule has 6 heteroatoms. The van der Waals surface area contributed by atoms with Crippen molar-refractivity contribution >= 4 is 29.1 Å². The summed E-state index contributed by atoms with van der Waals surface area (Å²) >= 11 is 12.4. The van der Waals surface area contributed by atoms with Gasteiger partial charge in [-0.2, -0.15) is 0 Å². The molecule has 2 atom stereocenters. The second-order valence-corrected chi connectivity index (χ2v) is 7.37. The van der Waals surface area contributed by atoms with E-state index in [1.807, 2.05) is 22.9 Å². The SMILES string of the molecule is CN(CC(=O)N1CCCCC1)[C@H]1c2cc(Cl)cc(Cl)c2C[C@H]1O. The highest BCUT2D eigenvalue weighted by molar-refractivity contribution is 6.35. The van der Waals surface area contributed by atoms with Crippen molar-refractivity contribution in [3.05, 3.63) is 33.3 Å². The minimum atomic E-state index is -0.569. The summed E-state index contributed by atoms with van der Waals surface area (Å²) in [6.45, 7) is 1.98. The molecule has 1 aliphatic carbocycles. The van der Waals surface area contributed by atoms with E-state index in [1.165, 1.54) is 6.42 Å². The summed E-state index contributed by atoms with van der Waals surface area (Å²) in [4.78, 5) is 16.3. The zero-order valence-electron chi connectivity index (χ0n) is 13.3. The van der Waals surface area contributed by atoms with E-state index in [-0.39, 0.29) is 11.9 Å². The van der Waals surface area contributed by atoms with Crippen LogP contribution in [0.2, 0.25) is 10.0 Å². The molecule has 1 heterocycles. The van der Waals surface area contributed by atoms with Crippen LogP contribution in [0.25, 0.3) is 0 Å². The van der Waals surface area contributed by atoms with Gasteiger partial charge in [0, 0.05) is 29.6 Å². The molecule has 1 amide bonds. The van der Waals surface area contributed by atoms with Gasteiger partial charge in [0.05, 0.1) is 18.7 Å². The number of nitrogens with zero attached hydrogens (tertiary/aromatic N) is 2. The fourth-order valence-electron chi connectivity index (χ4n) is 3.72. The molecule has 0 unspecified atom stereocenters. The highest BCUT2D eigenvalue weighted by atomic mass is 35.5. The van der Waals surface area contributed by atoms with Crippen molar-refractivity contribution in [1.82, 2.24) is 9.80 Å². The first-order chi connectivity index (χ1) is 11.0. The Morgan fingerprint density at radius 2 is 2.00 bits per heavy atom. The molecule has 0 bridgehead atoms. The fraction of sp³-hybridized carbons (Fsp3) is 0.588. The van der Waals surface area contributed by atoms with Gasteiger partial charge >= 0.3 is 0 Å². The predicted octanol–water partition coefficient (Wildman–Crippen LogP) is 2.90. The molecule has 1 aliphatic heterocycles. The molecule has 2 aliphatic rings. The molecule has 0 radical (unpaired) electrons. The lowest BCUT2D eigenvalue weighted by Crippen LogP contribution is -2.43. The molecular formula is C17H22Cl2N2O2. The number of piperidine rings is 1. The normalized spacial score (nSPS) is 24.1. The molecule has 3 rings (SSSR count). The number of carbonyl (C=O) groups is 1. The Kier molecular flexibility index (Phi) is 5.16. The van der Waals surface area contributed by atoms with Gasteiger partial charge in [0.25, 0.3) is 0 Å². The third-order valence-corrected chi connectivity index (χ3v) is 5.41. The van der Waals surface area contributed by atoms with Gasteiger partial charge in [-0.25, -0.2) is 0 Å². The largest absolute Gasteiger partial charge is 0.391 e.